The first-order valence-corrected chi connectivity index (χ1v) is 5.01. The number of aromatic nitrogens is 1. The zero-order chi connectivity index (χ0) is 9.80. The van der Waals surface area contributed by atoms with E-state index in [1.807, 2.05) is 0 Å². The van der Waals surface area contributed by atoms with Gasteiger partial charge in [-0.15, -0.1) is 0 Å². The normalized spacial score (nSPS) is 16.5. The van der Waals surface area contributed by atoms with Crippen LogP contribution in [0.25, 0.3) is 0 Å². The standard InChI is InChI=1S/C11H13N3/c12-7-9-5-6-13-8-11(9)14-10-3-1-2-4-10/h5-6,8,10,14H,1-4H2. The molecule has 2 rings (SSSR count). The summed E-state index contributed by atoms with van der Waals surface area (Å²) in [6.45, 7) is 0. The molecule has 0 radical (unpaired) electrons. The third-order valence-electron chi connectivity index (χ3n) is 2.66. The molecule has 1 heterocycles. The van der Waals surface area contributed by atoms with Crippen molar-refractivity contribution in [3.63, 3.8) is 0 Å². The number of hydrogen-bond donors (Lipinski definition) is 1. The molecule has 14 heavy (non-hydrogen) atoms. The van der Waals surface area contributed by atoms with E-state index in [9.17, 15) is 0 Å². The van der Waals surface area contributed by atoms with Crippen molar-refractivity contribution in [2.45, 2.75) is 31.7 Å². The zero-order valence-corrected chi connectivity index (χ0v) is 8.03. The van der Waals surface area contributed by atoms with Crippen molar-refractivity contribution >= 4 is 5.69 Å². The zero-order valence-electron chi connectivity index (χ0n) is 8.03. The molecule has 0 atom stereocenters. The number of hydrogen-bond acceptors (Lipinski definition) is 3. The lowest BCUT2D eigenvalue weighted by Gasteiger charge is -2.13. The van der Waals surface area contributed by atoms with Crippen LogP contribution in [0.3, 0.4) is 0 Å². The first-order chi connectivity index (χ1) is 6.90. The molecule has 0 bridgehead atoms. The van der Waals surface area contributed by atoms with Gasteiger partial charge in [0.1, 0.15) is 6.07 Å². The molecular formula is C11H13N3. The molecule has 1 aromatic rings. The van der Waals surface area contributed by atoms with Crippen molar-refractivity contribution < 1.29 is 0 Å². The monoisotopic (exact) mass is 187 g/mol. The Morgan fingerprint density at radius 1 is 1.43 bits per heavy atom. The lowest BCUT2D eigenvalue weighted by Crippen LogP contribution is -2.15. The van der Waals surface area contributed by atoms with Crippen LogP contribution in [-0.4, -0.2) is 11.0 Å². The Bertz CT molecular complexity index is 348. The topological polar surface area (TPSA) is 48.7 Å². The Balaban J connectivity index is 2.11. The number of anilines is 1. The van der Waals surface area contributed by atoms with E-state index in [0.717, 1.165) is 5.69 Å². The van der Waals surface area contributed by atoms with Crippen LogP contribution >= 0.6 is 0 Å². The van der Waals surface area contributed by atoms with Crippen LogP contribution in [0.5, 0.6) is 0 Å². The highest BCUT2D eigenvalue weighted by Gasteiger charge is 2.15. The number of nitriles is 1. The Hall–Kier alpha value is -1.56. The van der Waals surface area contributed by atoms with Crippen LogP contribution in [0.15, 0.2) is 18.5 Å². The van der Waals surface area contributed by atoms with E-state index in [-0.39, 0.29) is 0 Å². The van der Waals surface area contributed by atoms with E-state index >= 15 is 0 Å². The lowest BCUT2D eigenvalue weighted by atomic mass is 10.2. The summed E-state index contributed by atoms with van der Waals surface area (Å²) in [6.07, 6.45) is 8.38. The van der Waals surface area contributed by atoms with Crippen molar-refractivity contribution in [2.24, 2.45) is 0 Å². The average Bonchev–Trinajstić information content (AvgIpc) is 2.71. The molecule has 0 saturated heterocycles. The van der Waals surface area contributed by atoms with Crippen LogP contribution in [0.4, 0.5) is 5.69 Å². The smallest absolute Gasteiger partial charge is 0.101 e. The van der Waals surface area contributed by atoms with Gasteiger partial charge in [0.2, 0.25) is 0 Å². The molecule has 0 amide bonds. The summed E-state index contributed by atoms with van der Waals surface area (Å²) < 4.78 is 0. The summed E-state index contributed by atoms with van der Waals surface area (Å²) in [5.41, 5.74) is 1.56. The summed E-state index contributed by atoms with van der Waals surface area (Å²) >= 11 is 0. The molecule has 1 fully saturated rings. The van der Waals surface area contributed by atoms with E-state index in [1.54, 1.807) is 18.5 Å². The second kappa shape index (κ2) is 4.10. The first-order valence-electron chi connectivity index (χ1n) is 5.01. The highest BCUT2D eigenvalue weighted by molar-refractivity contribution is 5.55. The van der Waals surface area contributed by atoms with Crippen LogP contribution in [0.2, 0.25) is 0 Å². The maximum absolute atomic E-state index is 8.87. The van der Waals surface area contributed by atoms with Gasteiger partial charge >= 0.3 is 0 Å². The number of nitrogens with one attached hydrogen (secondary N) is 1. The summed E-state index contributed by atoms with van der Waals surface area (Å²) in [6, 6.07) is 4.45. The van der Waals surface area contributed by atoms with Gasteiger partial charge in [0.15, 0.2) is 0 Å². The molecule has 1 aliphatic carbocycles. The molecule has 72 valence electrons. The van der Waals surface area contributed by atoms with Gasteiger partial charge in [-0.1, -0.05) is 12.8 Å². The van der Waals surface area contributed by atoms with E-state index in [4.69, 9.17) is 5.26 Å². The Kier molecular flexibility index (Phi) is 2.64. The summed E-state index contributed by atoms with van der Waals surface area (Å²) in [5.74, 6) is 0. The predicted octanol–water partition coefficient (Wildman–Crippen LogP) is 2.31. The van der Waals surface area contributed by atoms with Crippen molar-refractivity contribution in [3.05, 3.63) is 24.0 Å². The maximum atomic E-state index is 8.87. The summed E-state index contributed by atoms with van der Waals surface area (Å²) in [7, 11) is 0. The van der Waals surface area contributed by atoms with Crippen molar-refractivity contribution in [3.8, 4) is 6.07 Å². The second-order valence-electron chi connectivity index (χ2n) is 3.66. The van der Waals surface area contributed by atoms with E-state index in [1.165, 1.54) is 25.7 Å². The van der Waals surface area contributed by atoms with Gasteiger partial charge < -0.3 is 5.32 Å². The molecule has 1 saturated carbocycles. The average molecular weight is 187 g/mol. The fourth-order valence-corrected chi connectivity index (χ4v) is 1.90. The van der Waals surface area contributed by atoms with E-state index in [0.29, 0.717) is 11.6 Å². The molecule has 1 aromatic heterocycles. The number of rotatable bonds is 2. The summed E-state index contributed by atoms with van der Waals surface area (Å²) in [4.78, 5) is 4.02. The van der Waals surface area contributed by atoms with Gasteiger partial charge in [-0.05, 0) is 18.9 Å². The van der Waals surface area contributed by atoms with Gasteiger partial charge in [-0.3, -0.25) is 4.98 Å². The minimum absolute atomic E-state index is 0.534. The van der Waals surface area contributed by atoms with Crippen molar-refractivity contribution in [2.75, 3.05) is 5.32 Å². The van der Waals surface area contributed by atoms with Crippen molar-refractivity contribution in [1.82, 2.24) is 4.98 Å². The van der Waals surface area contributed by atoms with Gasteiger partial charge in [0.25, 0.3) is 0 Å². The van der Waals surface area contributed by atoms with Gasteiger partial charge in [-0.25, -0.2) is 0 Å². The van der Waals surface area contributed by atoms with Crippen LogP contribution < -0.4 is 5.32 Å². The van der Waals surface area contributed by atoms with Gasteiger partial charge in [0, 0.05) is 12.2 Å². The molecule has 3 nitrogen and oxygen atoms in total. The molecule has 0 spiro atoms. The van der Waals surface area contributed by atoms with Crippen LogP contribution in [0.1, 0.15) is 31.2 Å². The van der Waals surface area contributed by atoms with Crippen molar-refractivity contribution in [1.29, 1.82) is 5.26 Å². The van der Waals surface area contributed by atoms with Crippen LogP contribution in [0, 0.1) is 11.3 Å². The third-order valence-corrected chi connectivity index (χ3v) is 2.66. The molecule has 1 N–H and O–H groups in total. The predicted molar refractivity (Wildman–Crippen MR) is 54.8 cm³/mol. The summed E-state index contributed by atoms with van der Waals surface area (Å²) in [5, 5.41) is 12.2. The van der Waals surface area contributed by atoms with Crippen LogP contribution in [-0.2, 0) is 0 Å². The molecule has 0 aromatic carbocycles. The molecule has 3 heteroatoms. The van der Waals surface area contributed by atoms with E-state index < -0.39 is 0 Å². The number of pyridine rings is 1. The maximum Gasteiger partial charge on any atom is 0.101 e. The largest absolute Gasteiger partial charge is 0.380 e. The SMILES string of the molecule is N#Cc1ccncc1NC1CCCC1. The third kappa shape index (κ3) is 1.85. The highest BCUT2D eigenvalue weighted by atomic mass is 14.9. The lowest BCUT2D eigenvalue weighted by molar-refractivity contribution is 0.754. The highest BCUT2D eigenvalue weighted by Crippen LogP contribution is 2.23. The fraction of sp³-hybridized carbons (Fsp3) is 0.455. The minimum Gasteiger partial charge on any atom is -0.380 e. The Labute approximate surface area is 83.8 Å². The second-order valence-corrected chi connectivity index (χ2v) is 3.66. The molecule has 0 unspecified atom stereocenters. The molecule has 0 aliphatic heterocycles. The first kappa shape index (κ1) is 9.01. The van der Waals surface area contributed by atoms with E-state index in [2.05, 4.69) is 16.4 Å². The van der Waals surface area contributed by atoms with Gasteiger partial charge in [-0.2, -0.15) is 5.26 Å². The molecular weight excluding hydrogens is 174 g/mol. The molecule has 1 aliphatic rings. The fourth-order valence-electron chi connectivity index (χ4n) is 1.90. The van der Waals surface area contributed by atoms with Gasteiger partial charge in [0.05, 0.1) is 17.4 Å². The Morgan fingerprint density at radius 3 is 2.93 bits per heavy atom. The number of nitrogens with zero attached hydrogens (tertiary/aromatic N) is 2. The quantitative estimate of drug-likeness (QED) is 0.772. The Morgan fingerprint density at radius 2 is 2.21 bits per heavy atom. The minimum atomic E-state index is 0.534.